The van der Waals surface area contributed by atoms with Gasteiger partial charge in [-0.25, -0.2) is 9.97 Å². The summed E-state index contributed by atoms with van der Waals surface area (Å²) < 4.78 is 0. The van der Waals surface area contributed by atoms with E-state index in [1.165, 1.54) is 12.8 Å². The van der Waals surface area contributed by atoms with E-state index in [2.05, 4.69) is 25.9 Å². The second-order valence-corrected chi connectivity index (χ2v) is 4.13. The summed E-state index contributed by atoms with van der Waals surface area (Å²) in [6.45, 7) is 3.71. The lowest BCUT2D eigenvalue weighted by Gasteiger charge is -2.09. The molecular weight excluding hydrogens is 202 g/mol. The lowest BCUT2D eigenvalue weighted by atomic mass is 10.4. The number of likely N-dealkylation sites (N-methyl/N-ethyl adjacent to an activating group) is 1. The van der Waals surface area contributed by atoms with Crippen molar-refractivity contribution < 1.29 is 0 Å². The van der Waals surface area contributed by atoms with Crippen molar-refractivity contribution in [2.24, 2.45) is 0 Å². The van der Waals surface area contributed by atoms with E-state index in [-0.39, 0.29) is 0 Å². The van der Waals surface area contributed by atoms with Crippen LogP contribution in [0.2, 0.25) is 0 Å². The fourth-order valence-electron chi connectivity index (χ4n) is 1.48. The van der Waals surface area contributed by atoms with Gasteiger partial charge in [0.2, 0.25) is 0 Å². The van der Waals surface area contributed by atoms with Gasteiger partial charge in [0.1, 0.15) is 17.5 Å². The van der Waals surface area contributed by atoms with Gasteiger partial charge in [-0.15, -0.1) is 0 Å². The van der Waals surface area contributed by atoms with Crippen LogP contribution in [0.4, 0.5) is 11.6 Å². The molecule has 0 aliphatic heterocycles. The zero-order valence-electron chi connectivity index (χ0n) is 9.88. The third kappa shape index (κ3) is 3.34. The van der Waals surface area contributed by atoms with Crippen molar-refractivity contribution in [1.82, 2.24) is 15.3 Å². The number of hydrogen-bond acceptors (Lipinski definition) is 5. The summed E-state index contributed by atoms with van der Waals surface area (Å²) in [5.74, 6) is 2.63. The molecule has 0 bridgehead atoms. The Bertz CT molecular complexity index is 348. The number of aromatic nitrogens is 2. The molecule has 1 fully saturated rings. The molecule has 1 aliphatic carbocycles. The first-order valence-electron chi connectivity index (χ1n) is 5.78. The summed E-state index contributed by atoms with van der Waals surface area (Å²) in [4.78, 5) is 8.71. The van der Waals surface area contributed by atoms with E-state index < -0.39 is 0 Å². The Morgan fingerprint density at radius 2 is 2.00 bits per heavy atom. The quantitative estimate of drug-likeness (QED) is 0.625. The SMILES string of the molecule is CNCCNc1cc(NC2CC2)nc(C)n1. The van der Waals surface area contributed by atoms with Gasteiger partial charge in [0, 0.05) is 25.2 Å². The predicted octanol–water partition coefficient (Wildman–Crippen LogP) is 0.991. The molecule has 0 radical (unpaired) electrons. The molecule has 0 unspecified atom stereocenters. The number of nitrogens with zero attached hydrogens (tertiary/aromatic N) is 2. The first kappa shape index (κ1) is 11.1. The maximum absolute atomic E-state index is 4.36. The van der Waals surface area contributed by atoms with Gasteiger partial charge < -0.3 is 16.0 Å². The van der Waals surface area contributed by atoms with Crippen LogP contribution in [0.1, 0.15) is 18.7 Å². The van der Waals surface area contributed by atoms with E-state index in [9.17, 15) is 0 Å². The minimum Gasteiger partial charge on any atom is -0.369 e. The lowest BCUT2D eigenvalue weighted by molar-refractivity contribution is 0.820. The van der Waals surface area contributed by atoms with E-state index >= 15 is 0 Å². The molecule has 1 aromatic rings. The van der Waals surface area contributed by atoms with E-state index in [1.807, 2.05) is 20.0 Å². The molecular formula is C11H19N5. The van der Waals surface area contributed by atoms with Crippen molar-refractivity contribution in [3.05, 3.63) is 11.9 Å². The van der Waals surface area contributed by atoms with Crippen LogP contribution in [0.25, 0.3) is 0 Å². The van der Waals surface area contributed by atoms with Gasteiger partial charge in [0.15, 0.2) is 0 Å². The van der Waals surface area contributed by atoms with Crippen molar-refractivity contribution in [2.45, 2.75) is 25.8 Å². The minimum atomic E-state index is 0.624. The molecule has 88 valence electrons. The van der Waals surface area contributed by atoms with Crippen LogP contribution < -0.4 is 16.0 Å². The summed E-state index contributed by atoms with van der Waals surface area (Å²) in [6, 6.07) is 2.60. The molecule has 3 N–H and O–H groups in total. The third-order valence-corrected chi connectivity index (χ3v) is 2.45. The Balaban J connectivity index is 1.96. The van der Waals surface area contributed by atoms with Gasteiger partial charge in [0.25, 0.3) is 0 Å². The summed E-state index contributed by atoms with van der Waals surface area (Å²) in [5.41, 5.74) is 0. The summed E-state index contributed by atoms with van der Waals surface area (Å²) in [6.07, 6.45) is 2.51. The standard InChI is InChI=1S/C11H19N5/c1-8-14-10(13-6-5-12-2)7-11(15-8)16-9-3-4-9/h7,9,12H,3-6H2,1-2H3,(H2,13,14,15,16). The molecule has 5 heteroatoms. The molecule has 1 saturated carbocycles. The second-order valence-electron chi connectivity index (χ2n) is 4.13. The van der Waals surface area contributed by atoms with E-state index in [0.717, 1.165) is 30.5 Å². The van der Waals surface area contributed by atoms with E-state index in [4.69, 9.17) is 0 Å². The molecule has 1 heterocycles. The summed E-state index contributed by atoms with van der Waals surface area (Å²) >= 11 is 0. The van der Waals surface area contributed by atoms with Crippen molar-refractivity contribution in [1.29, 1.82) is 0 Å². The Morgan fingerprint density at radius 1 is 1.25 bits per heavy atom. The zero-order valence-corrected chi connectivity index (χ0v) is 9.88. The van der Waals surface area contributed by atoms with Crippen LogP contribution in [-0.2, 0) is 0 Å². The largest absolute Gasteiger partial charge is 0.369 e. The average molecular weight is 221 g/mol. The van der Waals surface area contributed by atoms with Crippen LogP contribution >= 0.6 is 0 Å². The smallest absolute Gasteiger partial charge is 0.132 e. The Morgan fingerprint density at radius 3 is 2.69 bits per heavy atom. The van der Waals surface area contributed by atoms with Crippen LogP contribution in [0.15, 0.2) is 6.07 Å². The summed E-state index contributed by atoms with van der Waals surface area (Å²) in [7, 11) is 1.94. The monoisotopic (exact) mass is 221 g/mol. The molecule has 2 rings (SSSR count). The fourth-order valence-corrected chi connectivity index (χ4v) is 1.48. The molecule has 0 atom stereocenters. The van der Waals surface area contributed by atoms with Gasteiger partial charge in [-0.3, -0.25) is 0 Å². The number of nitrogens with one attached hydrogen (secondary N) is 3. The highest BCUT2D eigenvalue weighted by Crippen LogP contribution is 2.24. The maximum atomic E-state index is 4.36. The highest BCUT2D eigenvalue weighted by Gasteiger charge is 2.21. The van der Waals surface area contributed by atoms with E-state index in [1.54, 1.807) is 0 Å². The van der Waals surface area contributed by atoms with Crippen LogP contribution in [0.3, 0.4) is 0 Å². The van der Waals surface area contributed by atoms with Crippen molar-refractivity contribution in [2.75, 3.05) is 30.8 Å². The van der Waals surface area contributed by atoms with Gasteiger partial charge in [-0.1, -0.05) is 0 Å². The molecule has 0 saturated heterocycles. The molecule has 5 nitrogen and oxygen atoms in total. The number of aryl methyl sites for hydroxylation is 1. The Labute approximate surface area is 96.1 Å². The van der Waals surface area contributed by atoms with Crippen molar-refractivity contribution in [3.8, 4) is 0 Å². The lowest BCUT2D eigenvalue weighted by Crippen LogP contribution is -2.18. The van der Waals surface area contributed by atoms with Crippen molar-refractivity contribution >= 4 is 11.6 Å². The van der Waals surface area contributed by atoms with Gasteiger partial charge >= 0.3 is 0 Å². The van der Waals surface area contributed by atoms with Gasteiger partial charge in [-0.2, -0.15) is 0 Å². The highest BCUT2D eigenvalue weighted by molar-refractivity contribution is 5.48. The first-order chi connectivity index (χ1) is 7.78. The number of anilines is 2. The highest BCUT2D eigenvalue weighted by atomic mass is 15.1. The maximum Gasteiger partial charge on any atom is 0.132 e. The second kappa shape index (κ2) is 5.12. The molecule has 16 heavy (non-hydrogen) atoms. The number of rotatable bonds is 6. The average Bonchev–Trinajstić information content (AvgIpc) is 3.01. The van der Waals surface area contributed by atoms with Gasteiger partial charge in [-0.05, 0) is 26.8 Å². The van der Waals surface area contributed by atoms with Crippen LogP contribution in [-0.4, -0.2) is 36.1 Å². The number of hydrogen-bond donors (Lipinski definition) is 3. The van der Waals surface area contributed by atoms with Crippen LogP contribution in [0.5, 0.6) is 0 Å². The first-order valence-corrected chi connectivity index (χ1v) is 5.78. The molecule has 0 aromatic carbocycles. The molecule has 0 spiro atoms. The Hall–Kier alpha value is -1.36. The van der Waals surface area contributed by atoms with Crippen molar-refractivity contribution in [3.63, 3.8) is 0 Å². The topological polar surface area (TPSA) is 61.9 Å². The molecule has 1 aliphatic rings. The summed E-state index contributed by atoms with van der Waals surface area (Å²) in [5, 5.41) is 9.74. The molecule has 1 aromatic heterocycles. The zero-order chi connectivity index (χ0) is 11.4. The third-order valence-electron chi connectivity index (χ3n) is 2.45. The fraction of sp³-hybridized carbons (Fsp3) is 0.636. The van der Waals surface area contributed by atoms with E-state index in [0.29, 0.717) is 6.04 Å². The normalized spacial score (nSPS) is 14.9. The molecule has 0 amide bonds. The predicted molar refractivity (Wildman–Crippen MR) is 65.8 cm³/mol. The minimum absolute atomic E-state index is 0.624. The van der Waals surface area contributed by atoms with Crippen LogP contribution in [0, 0.1) is 6.92 Å². The Kier molecular flexibility index (Phi) is 3.56. The van der Waals surface area contributed by atoms with Gasteiger partial charge in [0.05, 0.1) is 0 Å².